The van der Waals surface area contributed by atoms with Gasteiger partial charge in [-0.25, -0.2) is 8.78 Å². The second-order valence-electron chi connectivity index (χ2n) is 4.43. The fourth-order valence-electron chi connectivity index (χ4n) is 2.08. The lowest BCUT2D eigenvalue weighted by atomic mass is 10.2. The van der Waals surface area contributed by atoms with Gasteiger partial charge in [0.05, 0.1) is 12.2 Å². The molecule has 1 aromatic carbocycles. The minimum absolute atomic E-state index is 0.00493. The van der Waals surface area contributed by atoms with Crippen LogP contribution >= 0.6 is 0 Å². The van der Waals surface area contributed by atoms with Crippen molar-refractivity contribution in [3.05, 3.63) is 29.8 Å². The fraction of sp³-hybridized carbons (Fsp3) is 0.538. The summed E-state index contributed by atoms with van der Waals surface area (Å²) in [7, 11) is 1.88. The summed E-state index contributed by atoms with van der Waals surface area (Å²) in [5, 5.41) is 3.05. The molecule has 1 heterocycles. The highest BCUT2D eigenvalue weighted by Crippen LogP contribution is 2.21. The molecule has 1 aromatic rings. The smallest absolute Gasteiger partial charge is 0.129 e. The van der Waals surface area contributed by atoms with Gasteiger partial charge in [0, 0.05) is 24.7 Å². The van der Waals surface area contributed by atoms with Gasteiger partial charge in [0.25, 0.3) is 0 Å². The van der Waals surface area contributed by atoms with Crippen molar-refractivity contribution in [1.29, 1.82) is 0 Å². The van der Waals surface area contributed by atoms with Gasteiger partial charge in [0.2, 0.25) is 0 Å². The summed E-state index contributed by atoms with van der Waals surface area (Å²) in [6.45, 7) is 1.13. The van der Waals surface area contributed by atoms with E-state index in [1.54, 1.807) is 0 Å². The predicted octanol–water partition coefficient (Wildman–Crippen LogP) is 2.11. The van der Waals surface area contributed by atoms with Gasteiger partial charge < -0.3 is 14.8 Å². The molecule has 0 aromatic heterocycles. The second-order valence-corrected chi connectivity index (χ2v) is 4.43. The van der Waals surface area contributed by atoms with E-state index in [0.29, 0.717) is 6.61 Å². The van der Waals surface area contributed by atoms with Crippen LogP contribution in [0.5, 0.6) is 5.75 Å². The Morgan fingerprint density at radius 1 is 1.22 bits per heavy atom. The molecule has 18 heavy (non-hydrogen) atoms. The zero-order chi connectivity index (χ0) is 13.0. The molecule has 1 aliphatic heterocycles. The highest BCUT2D eigenvalue weighted by Gasteiger charge is 2.25. The monoisotopic (exact) mass is 257 g/mol. The number of hydrogen-bond donors (Lipinski definition) is 1. The Labute approximate surface area is 105 Å². The molecule has 1 fully saturated rings. The number of nitrogens with one attached hydrogen (secondary N) is 1. The Morgan fingerprint density at radius 2 is 1.89 bits per heavy atom. The van der Waals surface area contributed by atoms with Crippen LogP contribution in [0.25, 0.3) is 0 Å². The first kappa shape index (κ1) is 13.2. The van der Waals surface area contributed by atoms with Crippen LogP contribution in [0.2, 0.25) is 0 Å². The largest absolute Gasteiger partial charge is 0.491 e. The van der Waals surface area contributed by atoms with E-state index in [-0.39, 0.29) is 18.0 Å². The standard InChI is InChI=1S/C13H17F2NO2/c1-16-7-11-2-3-12(18-11)8-17-13-5-9(14)4-10(15)6-13/h4-6,11-12,16H,2-3,7-8H2,1H3. The summed E-state index contributed by atoms with van der Waals surface area (Å²) in [6.07, 6.45) is 2.08. The third kappa shape index (κ3) is 3.65. The fourth-order valence-corrected chi connectivity index (χ4v) is 2.08. The maximum atomic E-state index is 12.9. The molecule has 1 N–H and O–H groups in total. The van der Waals surface area contributed by atoms with Gasteiger partial charge >= 0.3 is 0 Å². The SMILES string of the molecule is CNCC1CCC(COc2cc(F)cc(F)c2)O1. The van der Waals surface area contributed by atoms with E-state index in [1.165, 1.54) is 12.1 Å². The van der Waals surface area contributed by atoms with Crippen molar-refractivity contribution in [2.75, 3.05) is 20.2 Å². The molecule has 2 unspecified atom stereocenters. The van der Waals surface area contributed by atoms with E-state index in [0.717, 1.165) is 25.5 Å². The number of benzene rings is 1. The van der Waals surface area contributed by atoms with Crippen LogP contribution in [-0.4, -0.2) is 32.4 Å². The highest BCUT2D eigenvalue weighted by molar-refractivity contribution is 5.23. The van der Waals surface area contributed by atoms with Crippen molar-refractivity contribution in [1.82, 2.24) is 5.32 Å². The molecule has 2 rings (SSSR count). The van der Waals surface area contributed by atoms with Crippen molar-refractivity contribution in [2.24, 2.45) is 0 Å². The molecular formula is C13H17F2NO2. The van der Waals surface area contributed by atoms with Crippen LogP contribution in [-0.2, 0) is 4.74 Å². The van der Waals surface area contributed by atoms with Crippen molar-refractivity contribution >= 4 is 0 Å². The minimum atomic E-state index is -0.634. The molecule has 0 amide bonds. The molecule has 100 valence electrons. The Morgan fingerprint density at radius 3 is 2.56 bits per heavy atom. The van der Waals surface area contributed by atoms with Crippen LogP contribution in [0.4, 0.5) is 8.78 Å². The summed E-state index contributed by atoms with van der Waals surface area (Å²) >= 11 is 0. The lowest BCUT2D eigenvalue weighted by Crippen LogP contribution is -2.25. The number of likely N-dealkylation sites (N-methyl/N-ethyl adjacent to an activating group) is 1. The summed E-state index contributed by atoms with van der Waals surface area (Å²) in [5.74, 6) is -1.07. The van der Waals surface area contributed by atoms with E-state index >= 15 is 0 Å². The average molecular weight is 257 g/mol. The van der Waals surface area contributed by atoms with Gasteiger partial charge in [-0.05, 0) is 19.9 Å². The Balaban J connectivity index is 1.81. The summed E-state index contributed by atoms with van der Waals surface area (Å²) < 4.78 is 36.9. The summed E-state index contributed by atoms with van der Waals surface area (Å²) in [4.78, 5) is 0. The first-order valence-corrected chi connectivity index (χ1v) is 6.06. The summed E-state index contributed by atoms with van der Waals surface area (Å²) in [6, 6.07) is 3.16. The minimum Gasteiger partial charge on any atom is -0.491 e. The number of halogens is 2. The molecule has 0 radical (unpaired) electrons. The van der Waals surface area contributed by atoms with Crippen LogP contribution in [0.3, 0.4) is 0 Å². The Hall–Kier alpha value is -1.20. The predicted molar refractivity (Wildman–Crippen MR) is 63.7 cm³/mol. The van der Waals surface area contributed by atoms with E-state index < -0.39 is 11.6 Å². The first-order chi connectivity index (χ1) is 8.67. The molecule has 2 atom stereocenters. The van der Waals surface area contributed by atoms with Gasteiger partial charge in [-0.2, -0.15) is 0 Å². The molecule has 0 spiro atoms. The van der Waals surface area contributed by atoms with Crippen molar-refractivity contribution in [3.63, 3.8) is 0 Å². The molecule has 0 aliphatic carbocycles. The zero-order valence-corrected chi connectivity index (χ0v) is 10.3. The third-order valence-corrected chi connectivity index (χ3v) is 2.90. The number of hydrogen-bond acceptors (Lipinski definition) is 3. The van der Waals surface area contributed by atoms with Crippen LogP contribution in [0, 0.1) is 11.6 Å². The van der Waals surface area contributed by atoms with Gasteiger partial charge in [-0.1, -0.05) is 0 Å². The van der Waals surface area contributed by atoms with Crippen molar-refractivity contribution in [3.8, 4) is 5.75 Å². The molecule has 1 saturated heterocycles. The van der Waals surface area contributed by atoms with Crippen molar-refractivity contribution in [2.45, 2.75) is 25.0 Å². The normalized spacial score (nSPS) is 23.3. The average Bonchev–Trinajstić information content (AvgIpc) is 2.74. The van der Waals surface area contributed by atoms with Crippen LogP contribution in [0.15, 0.2) is 18.2 Å². The van der Waals surface area contributed by atoms with Gasteiger partial charge in [-0.3, -0.25) is 0 Å². The lowest BCUT2D eigenvalue weighted by molar-refractivity contribution is 0.0192. The molecule has 5 heteroatoms. The molecular weight excluding hydrogens is 240 g/mol. The quantitative estimate of drug-likeness (QED) is 0.876. The summed E-state index contributed by atoms with van der Waals surface area (Å²) in [5.41, 5.74) is 0. The second kappa shape index (κ2) is 6.11. The number of rotatable bonds is 5. The molecule has 3 nitrogen and oxygen atoms in total. The number of ether oxygens (including phenoxy) is 2. The maximum Gasteiger partial charge on any atom is 0.129 e. The van der Waals surface area contributed by atoms with Gasteiger partial charge in [-0.15, -0.1) is 0 Å². The molecule has 1 aliphatic rings. The lowest BCUT2D eigenvalue weighted by Gasteiger charge is -2.14. The van der Waals surface area contributed by atoms with Crippen LogP contribution in [0.1, 0.15) is 12.8 Å². The Kier molecular flexibility index (Phi) is 4.49. The highest BCUT2D eigenvalue weighted by atomic mass is 19.1. The first-order valence-electron chi connectivity index (χ1n) is 6.06. The maximum absolute atomic E-state index is 12.9. The van der Waals surface area contributed by atoms with Crippen molar-refractivity contribution < 1.29 is 18.3 Å². The Bertz CT molecular complexity index is 380. The third-order valence-electron chi connectivity index (χ3n) is 2.90. The van der Waals surface area contributed by atoms with Gasteiger partial charge in [0.1, 0.15) is 24.0 Å². The van der Waals surface area contributed by atoms with Gasteiger partial charge in [0.15, 0.2) is 0 Å². The van der Waals surface area contributed by atoms with E-state index in [1.807, 2.05) is 7.05 Å². The topological polar surface area (TPSA) is 30.5 Å². The molecule has 0 bridgehead atoms. The van der Waals surface area contributed by atoms with E-state index in [9.17, 15) is 8.78 Å². The van der Waals surface area contributed by atoms with Crippen LogP contribution < -0.4 is 10.1 Å². The zero-order valence-electron chi connectivity index (χ0n) is 10.3. The molecule has 0 saturated carbocycles. The van der Waals surface area contributed by atoms with E-state index in [4.69, 9.17) is 9.47 Å². The van der Waals surface area contributed by atoms with E-state index in [2.05, 4.69) is 5.32 Å².